The molecule has 0 aliphatic carbocycles. The van der Waals surface area contributed by atoms with Crippen LogP contribution in [0, 0.1) is 0 Å². The zero-order valence-electron chi connectivity index (χ0n) is 16.6. The van der Waals surface area contributed by atoms with E-state index in [2.05, 4.69) is 20.1 Å². The number of hydrogen-bond donors (Lipinski definition) is 1. The van der Waals surface area contributed by atoms with Gasteiger partial charge in [0.15, 0.2) is 11.5 Å². The summed E-state index contributed by atoms with van der Waals surface area (Å²) in [4.78, 5) is 12.1. The summed E-state index contributed by atoms with van der Waals surface area (Å²) >= 11 is 0. The average Bonchev–Trinajstić information content (AvgIpc) is 2.93. The molecule has 1 N–H and O–H groups in total. The highest BCUT2D eigenvalue weighted by Gasteiger charge is 2.14. The molecule has 0 radical (unpaired) electrons. The molecular formula is C21H28N4O3. The van der Waals surface area contributed by atoms with E-state index >= 15 is 0 Å². The third-order valence-corrected chi connectivity index (χ3v) is 4.75. The summed E-state index contributed by atoms with van der Waals surface area (Å²) in [5, 5.41) is 11.5. The van der Waals surface area contributed by atoms with Crippen molar-refractivity contribution in [3.05, 3.63) is 41.5 Å². The summed E-state index contributed by atoms with van der Waals surface area (Å²) in [5.74, 6) is 3.24. The molecule has 7 nitrogen and oxygen atoms in total. The Bertz CT molecular complexity index is 829. The van der Waals surface area contributed by atoms with Crippen molar-refractivity contribution in [2.24, 2.45) is 0 Å². The Labute approximate surface area is 165 Å². The number of amides is 1. The minimum Gasteiger partial charge on any atom is -0.493 e. The zero-order valence-corrected chi connectivity index (χ0v) is 16.6. The van der Waals surface area contributed by atoms with Gasteiger partial charge in [-0.1, -0.05) is 12.5 Å². The molecule has 2 heterocycles. The SMILES string of the molecule is CCOc1ccc(/C=C/C(=O)NCCc2nnc3n2CCCCC3)cc1OC. The molecule has 1 aliphatic rings. The Morgan fingerprint density at radius 1 is 1.25 bits per heavy atom. The smallest absolute Gasteiger partial charge is 0.244 e. The highest BCUT2D eigenvalue weighted by Crippen LogP contribution is 2.28. The van der Waals surface area contributed by atoms with Crippen LogP contribution in [0.3, 0.4) is 0 Å². The van der Waals surface area contributed by atoms with E-state index in [4.69, 9.17) is 9.47 Å². The number of benzene rings is 1. The molecule has 7 heteroatoms. The van der Waals surface area contributed by atoms with Crippen molar-refractivity contribution in [2.75, 3.05) is 20.3 Å². The zero-order chi connectivity index (χ0) is 19.8. The number of fused-ring (bicyclic) bond motifs is 1. The van der Waals surface area contributed by atoms with Crippen LogP contribution < -0.4 is 14.8 Å². The van der Waals surface area contributed by atoms with E-state index < -0.39 is 0 Å². The molecule has 2 aromatic rings. The van der Waals surface area contributed by atoms with Gasteiger partial charge >= 0.3 is 0 Å². The standard InChI is InChI=1S/C21H28N4O3/c1-3-28-17-10-8-16(15-18(17)27-2)9-11-21(26)22-13-12-20-24-23-19-7-5-4-6-14-25(19)20/h8-11,15H,3-7,12-14H2,1-2H3,(H,22,26)/b11-9+. The molecule has 0 fully saturated rings. The summed E-state index contributed by atoms with van der Waals surface area (Å²) in [6.45, 7) is 4.01. The number of hydrogen-bond acceptors (Lipinski definition) is 5. The predicted octanol–water partition coefficient (Wildman–Crippen LogP) is 2.78. The van der Waals surface area contributed by atoms with Gasteiger partial charge < -0.3 is 19.4 Å². The molecule has 28 heavy (non-hydrogen) atoms. The first-order chi connectivity index (χ1) is 13.7. The molecule has 1 aromatic heterocycles. The monoisotopic (exact) mass is 384 g/mol. The normalized spacial score (nSPS) is 13.8. The van der Waals surface area contributed by atoms with Gasteiger partial charge in [-0.3, -0.25) is 4.79 Å². The number of rotatable bonds is 8. The van der Waals surface area contributed by atoms with Crippen molar-refractivity contribution in [3.8, 4) is 11.5 Å². The maximum Gasteiger partial charge on any atom is 0.244 e. The summed E-state index contributed by atoms with van der Waals surface area (Å²) < 4.78 is 13.0. The van der Waals surface area contributed by atoms with Gasteiger partial charge in [-0.05, 0) is 43.5 Å². The van der Waals surface area contributed by atoms with E-state index in [1.54, 1.807) is 13.2 Å². The lowest BCUT2D eigenvalue weighted by Crippen LogP contribution is -2.24. The van der Waals surface area contributed by atoms with Crippen LogP contribution in [0.25, 0.3) is 6.08 Å². The van der Waals surface area contributed by atoms with Crippen molar-refractivity contribution in [2.45, 2.75) is 45.6 Å². The van der Waals surface area contributed by atoms with Crippen molar-refractivity contribution in [1.82, 2.24) is 20.1 Å². The van der Waals surface area contributed by atoms with Gasteiger partial charge in [-0.15, -0.1) is 10.2 Å². The van der Waals surface area contributed by atoms with Gasteiger partial charge in [0.05, 0.1) is 13.7 Å². The third kappa shape index (κ3) is 5.12. The van der Waals surface area contributed by atoms with Crippen LogP contribution >= 0.6 is 0 Å². The van der Waals surface area contributed by atoms with E-state index in [1.165, 1.54) is 25.3 Å². The first-order valence-corrected chi connectivity index (χ1v) is 9.89. The quantitative estimate of drug-likeness (QED) is 0.708. The van der Waals surface area contributed by atoms with Crippen molar-refractivity contribution >= 4 is 12.0 Å². The Kier molecular flexibility index (Phi) is 7.06. The van der Waals surface area contributed by atoms with Gasteiger partial charge in [-0.25, -0.2) is 0 Å². The van der Waals surface area contributed by atoms with Crippen LogP contribution in [0.2, 0.25) is 0 Å². The second kappa shape index (κ2) is 9.92. The van der Waals surface area contributed by atoms with E-state index in [9.17, 15) is 4.79 Å². The Morgan fingerprint density at radius 2 is 2.14 bits per heavy atom. The number of aromatic nitrogens is 3. The second-order valence-corrected chi connectivity index (χ2v) is 6.71. The van der Waals surface area contributed by atoms with Crippen LogP contribution in [-0.2, 0) is 24.2 Å². The van der Waals surface area contributed by atoms with Crippen LogP contribution in [0.1, 0.15) is 43.4 Å². The molecule has 0 atom stereocenters. The topological polar surface area (TPSA) is 78.3 Å². The number of nitrogens with one attached hydrogen (secondary N) is 1. The highest BCUT2D eigenvalue weighted by molar-refractivity contribution is 5.91. The van der Waals surface area contributed by atoms with Crippen LogP contribution in [-0.4, -0.2) is 40.9 Å². The fourth-order valence-corrected chi connectivity index (χ4v) is 3.32. The number of methoxy groups -OCH3 is 1. The lowest BCUT2D eigenvalue weighted by Gasteiger charge is -2.09. The number of carbonyl (C=O) groups excluding carboxylic acids is 1. The number of aryl methyl sites for hydroxylation is 1. The molecule has 3 rings (SSSR count). The molecule has 0 spiro atoms. The van der Waals surface area contributed by atoms with Gasteiger partial charge in [0.25, 0.3) is 0 Å². The molecule has 150 valence electrons. The molecule has 0 saturated carbocycles. The Balaban J connectivity index is 1.51. The molecule has 0 saturated heterocycles. The van der Waals surface area contributed by atoms with E-state index in [0.29, 0.717) is 31.1 Å². The third-order valence-electron chi connectivity index (χ3n) is 4.75. The van der Waals surface area contributed by atoms with E-state index in [1.807, 2.05) is 25.1 Å². The fourth-order valence-electron chi connectivity index (χ4n) is 3.32. The molecule has 1 amide bonds. The first kappa shape index (κ1) is 19.9. The maximum absolute atomic E-state index is 12.1. The van der Waals surface area contributed by atoms with Crippen molar-refractivity contribution in [3.63, 3.8) is 0 Å². The van der Waals surface area contributed by atoms with Crippen LogP contribution in [0.4, 0.5) is 0 Å². The molecule has 1 aromatic carbocycles. The summed E-state index contributed by atoms with van der Waals surface area (Å²) in [6, 6.07) is 5.58. The second-order valence-electron chi connectivity index (χ2n) is 6.71. The minimum absolute atomic E-state index is 0.136. The van der Waals surface area contributed by atoms with Gasteiger partial charge in [0.1, 0.15) is 11.6 Å². The van der Waals surface area contributed by atoms with Gasteiger partial charge in [0, 0.05) is 32.0 Å². The number of ether oxygens (including phenoxy) is 2. The first-order valence-electron chi connectivity index (χ1n) is 9.89. The van der Waals surface area contributed by atoms with E-state index in [0.717, 1.165) is 30.2 Å². The highest BCUT2D eigenvalue weighted by atomic mass is 16.5. The molecular weight excluding hydrogens is 356 g/mol. The van der Waals surface area contributed by atoms with Crippen LogP contribution in [0.15, 0.2) is 24.3 Å². The fraction of sp³-hybridized carbons (Fsp3) is 0.476. The number of carbonyl (C=O) groups is 1. The molecule has 0 bridgehead atoms. The minimum atomic E-state index is -0.136. The maximum atomic E-state index is 12.1. The lowest BCUT2D eigenvalue weighted by molar-refractivity contribution is -0.116. The van der Waals surface area contributed by atoms with Crippen molar-refractivity contribution in [1.29, 1.82) is 0 Å². The van der Waals surface area contributed by atoms with Gasteiger partial charge in [0.2, 0.25) is 5.91 Å². The van der Waals surface area contributed by atoms with Crippen LogP contribution in [0.5, 0.6) is 11.5 Å². The molecule has 0 unspecified atom stereocenters. The average molecular weight is 384 g/mol. The van der Waals surface area contributed by atoms with E-state index in [-0.39, 0.29) is 5.91 Å². The largest absolute Gasteiger partial charge is 0.493 e. The predicted molar refractivity (Wildman–Crippen MR) is 107 cm³/mol. The molecule has 1 aliphatic heterocycles. The summed E-state index contributed by atoms with van der Waals surface area (Å²) in [7, 11) is 1.60. The summed E-state index contributed by atoms with van der Waals surface area (Å²) in [6.07, 6.45) is 8.54. The van der Waals surface area contributed by atoms with Gasteiger partial charge in [-0.2, -0.15) is 0 Å². The Morgan fingerprint density at radius 3 is 2.96 bits per heavy atom. The summed E-state index contributed by atoms with van der Waals surface area (Å²) in [5.41, 5.74) is 0.873. The lowest BCUT2D eigenvalue weighted by atomic mass is 10.2. The number of nitrogens with zero attached hydrogens (tertiary/aromatic N) is 3. The Hall–Kier alpha value is -2.83. The van der Waals surface area contributed by atoms with Crippen molar-refractivity contribution < 1.29 is 14.3 Å².